The van der Waals surface area contributed by atoms with Crippen molar-refractivity contribution >= 4 is 46.7 Å². The first kappa shape index (κ1) is 17.2. The maximum absolute atomic E-state index is 11.8. The van der Waals surface area contributed by atoms with E-state index >= 15 is 0 Å². The molecule has 0 aliphatic heterocycles. The Morgan fingerprint density at radius 2 is 1.96 bits per heavy atom. The van der Waals surface area contributed by atoms with Crippen LogP contribution in [-0.4, -0.2) is 18.0 Å². The topological polar surface area (TPSA) is 70.6 Å². The average Bonchev–Trinajstić information content (AvgIpc) is 2.93. The second kappa shape index (κ2) is 8.45. The van der Waals surface area contributed by atoms with E-state index in [0.717, 1.165) is 10.4 Å². The minimum absolute atomic E-state index is 0.0526. The van der Waals surface area contributed by atoms with E-state index in [2.05, 4.69) is 15.8 Å². The van der Waals surface area contributed by atoms with Crippen molar-refractivity contribution in [3.05, 3.63) is 51.2 Å². The summed E-state index contributed by atoms with van der Waals surface area (Å²) in [4.78, 5) is 24.4. The molecule has 0 fully saturated rings. The van der Waals surface area contributed by atoms with E-state index in [1.165, 1.54) is 0 Å². The Hall–Kier alpha value is -2.18. The van der Waals surface area contributed by atoms with Crippen LogP contribution in [0.5, 0.6) is 0 Å². The number of hydrazone groups is 1. The lowest BCUT2D eigenvalue weighted by Gasteiger charge is -2.06. The normalized spacial score (nSPS) is 10.7. The highest BCUT2D eigenvalue weighted by Gasteiger charge is 2.08. The van der Waals surface area contributed by atoms with Crippen LogP contribution >= 0.6 is 22.9 Å². The second-order valence-electron chi connectivity index (χ2n) is 4.79. The summed E-state index contributed by atoms with van der Waals surface area (Å²) in [5.41, 5.74) is 4.05. The fourth-order valence-electron chi connectivity index (χ4n) is 1.74. The van der Waals surface area contributed by atoms with Gasteiger partial charge in [0.05, 0.1) is 16.9 Å². The zero-order valence-corrected chi connectivity index (χ0v) is 14.1. The summed E-state index contributed by atoms with van der Waals surface area (Å²) >= 11 is 7.49. The number of nitrogens with one attached hydrogen (secondary N) is 2. The van der Waals surface area contributed by atoms with Crippen LogP contribution in [0.25, 0.3) is 0 Å². The molecule has 2 aromatic rings. The Balaban J connectivity index is 1.74. The second-order valence-corrected chi connectivity index (χ2v) is 6.14. The van der Waals surface area contributed by atoms with Gasteiger partial charge in [-0.15, -0.1) is 11.3 Å². The van der Waals surface area contributed by atoms with Gasteiger partial charge in [0, 0.05) is 17.7 Å². The van der Waals surface area contributed by atoms with Crippen LogP contribution in [0.3, 0.4) is 0 Å². The molecular weight excluding hydrogens is 334 g/mol. The van der Waals surface area contributed by atoms with Gasteiger partial charge >= 0.3 is 0 Å². The molecule has 2 N–H and O–H groups in total. The maximum Gasteiger partial charge on any atom is 0.240 e. The molecule has 2 rings (SSSR count). The zero-order valence-electron chi connectivity index (χ0n) is 12.5. The summed E-state index contributed by atoms with van der Waals surface area (Å²) in [6.07, 6.45) is 1.71. The number of halogens is 1. The van der Waals surface area contributed by atoms with Crippen LogP contribution in [-0.2, 0) is 9.59 Å². The molecule has 120 valence electrons. The lowest BCUT2D eigenvalue weighted by molar-refractivity contribution is -0.124. The number of rotatable bonds is 6. The van der Waals surface area contributed by atoms with Gasteiger partial charge in [-0.3, -0.25) is 9.59 Å². The highest BCUT2D eigenvalue weighted by atomic mass is 35.5. The summed E-state index contributed by atoms with van der Waals surface area (Å²) in [6, 6.07) is 8.92. The minimum atomic E-state index is -0.315. The van der Waals surface area contributed by atoms with Crippen LogP contribution < -0.4 is 10.7 Å². The van der Waals surface area contributed by atoms with Crippen molar-refractivity contribution in [3.63, 3.8) is 0 Å². The molecule has 0 atom stereocenters. The van der Waals surface area contributed by atoms with Crippen LogP contribution in [0.15, 0.2) is 40.8 Å². The van der Waals surface area contributed by atoms with E-state index in [0.29, 0.717) is 10.7 Å². The Labute approximate surface area is 143 Å². The Kier molecular flexibility index (Phi) is 6.31. The molecule has 0 unspecified atom stereocenters. The maximum atomic E-state index is 11.8. The molecule has 1 aromatic heterocycles. The predicted octanol–water partition coefficient (Wildman–Crippen LogP) is 3.58. The van der Waals surface area contributed by atoms with Gasteiger partial charge in [-0.1, -0.05) is 23.7 Å². The molecule has 2 amide bonds. The van der Waals surface area contributed by atoms with E-state index in [1.807, 2.05) is 18.4 Å². The van der Waals surface area contributed by atoms with Crippen molar-refractivity contribution in [2.75, 3.05) is 5.32 Å². The fraction of sp³-hybridized carbons (Fsp3) is 0.188. The first-order valence-corrected chi connectivity index (χ1v) is 8.22. The Morgan fingerprint density at radius 3 is 2.65 bits per heavy atom. The van der Waals surface area contributed by atoms with Crippen molar-refractivity contribution < 1.29 is 9.59 Å². The molecule has 1 heterocycles. The number of para-hydroxylation sites is 1. The number of thiophene rings is 1. The van der Waals surface area contributed by atoms with Gasteiger partial charge in [0.2, 0.25) is 11.8 Å². The van der Waals surface area contributed by atoms with Crippen LogP contribution in [0, 0.1) is 6.92 Å². The molecule has 7 heteroatoms. The van der Waals surface area contributed by atoms with Crippen molar-refractivity contribution in [2.24, 2.45) is 5.10 Å². The molecule has 0 saturated heterocycles. The standard InChI is InChI=1S/C16H16ClN3O2S/c1-11-8-9-23-14(11)10-18-20-16(22)7-6-15(21)19-13-5-3-2-4-12(13)17/h2-5,8-10H,6-7H2,1H3,(H,19,21)(H,20,22). The number of anilines is 1. The minimum Gasteiger partial charge on any atom is -0.325 e. The summed E-state index contributed by atoms with van der Waals surface area (Å²) in [6.45, 7) is 1.97. The smallest absolute Gasteiger partial charge is 0.240 e. The zero-order chi connectivity index (χ0) is 16.7. The van der Waals surface area contributed by atoms with Crippen molar-refractivity contribution in [3.8, 4) is 0 Å². The van der Waals surface area contributed by atoms with Gasteiger partial charge in [0.1, 0.15) is 0 Å². The molecule has 1 aromatic carbocycles. The van der Waals surface area contributed by atoms with Crippen LogP contribution in [0.4, 0.5) is 5.69 Å². The number of nitrogens with zero attached hydrogens (tertiary/aromatic N) is 1. The largest absolute Gasteiger partial charge is 0.325 e. The monoisotopic (exact) mass is 349 g/mol. The lowest BCUT2D eigenvalue weighted by Crippen LogP contribution is -2.20. The molecule has 5 nitrogen and oxygen atoms in total. The molecule has 0 bridgehead atoms. The quantitative estimate of drug-likeness (QED) is 0.618. The molecule has 0 aliphatic rings. The van der Waals surface area contributed by atoms with Gasteiger partial charge < -0.3 is 5.32 Å². The molecular formula is C16H16ClN3O2S. The van der Waals surface area contributed by atoms with E-state index in [9.17, 15) is 9.59 Å². The number of hydrogen-bond acceptors (Lipinski definition) is 4. The molecule has 0 aliphatic carbocycles. The first-order chi connectivity index (χ1) is 11.1. The van der Waals surface area contributed by atoms with Gasteiger partial charge in [-0.25, -0.2) is 5.43 Å². The van der Waals surface area contributed by atoms with E-state index in [4.69, 9.17) is 11.6 Å². The number of carbonyl (C=O) groups excluding carboxylic acids is 2. The van der Waals surface area contributed by atoms with Crippen molar-refractivity contribution in [1.29, 1.82) is 0 Å². The molecule has 23 heavy (non-hydrogen) atoms. The van der Waals surface area contributed by atoms with Crippen LogP contribution in [0.1, 0.15) is 23.3 Å². The third-order valence-corrected chi connectivity index (χ3v) is 4.28. The number of aryl methyl sites for hydroxylation is 1. The number of carbonyl (C=O) groups is 2. The Morgan fingerprint density at radius 1 is 1.22 bits per heavy atom. The van der Waals surface area contributed by atoms with E-state index < -0.39 is 0 Å². The molecule has 0 saturated carbocycles. The van der Waals surface area contributed by atoms with Gasteiger partial charge in [0.15, 0.2) is 0 Å². The number of benzene rings is 1. The predicted molar refractivity (Wildman–Crippen MR) is 94.1 cm³/mol. The summed E-state index contributed by atoms with van der Waals surface area (Å²) in [5, 5.41) is 8.96. The van der Waals surface area contributed by atoms with Crippen LogP contribution in [0.2, 0.25) is 5.02 Å². The third-order valence-electron chi connectivity index (χ3n) is 3.00. The van der Waals surface area contributed by atoms with Gasteiger partial charge in [0.25, 0.3) is 0 Å². The third kappa shape index (κ3) is 5.50. The summed E-state index contributed by atoms with van der Waals surface area (Å²) in [5.74, 6) is -0.587. The Bertz CT molecular complexity index is 728. The van der Waals surface area contributed by atoms with Crippen molar-refractivity contribution in [1.82, 2.24) is 5.43 Å². The summed E-state index contributed by atoms with van der Waals surface area (Å²) in [7, 11) is 0. The highest BCUT2D eigenvalue weighted by Crippen LogP contribution is 2.20. The van der Waals surface area contributed by atoms with E-state index in [1.54, 1.807) is 41.8 Å². The van der Waals surface area contributed by atoms with Gasteiger partial charge in [-0.05, 0) is 36.1 Å². The van der Waals surface area contributed by atoms with Gasteiger partial charge in [-0.2, -0.15) is 5.10 Å². The fourth-order valence-corrected chi connectivity index (χ4v) is 2.71. The number of amides is 2. The summed E-state index contributed by atoms with van der Waals surface area (Å²) < 4.78 is 0. The SMILES string of the molecule is Cc1ccsc1C=NNC(=O)CCC(=O)Nc1ccccc1Cl. The average molecular weight is 350 g/mol. The molecule has 0 spiro atoms. The molecule has 0 radical (unpaired) electrons. The lowest BCUT2D eigenvalue weighted by atomic mass is 10.2. The number of hydrogen-bond donors (Lipinski definition) is 2. The van der Waals surface area contributed by atoms with Crippen molar-refractivity contribution in [2.45, 2.75) is 19.8 Å². The first-order valence-electron chi connectivity index (χ1n) is 6.96. The highest BCUT2D eigenvalue weighted by molar-refractivity contribution is 7.11. The van der Waals surface area contributed by atoms with E-state index in [-0.39, 0.29) is 24.7 Å².